The molecule has 0 aromatic carbocycles. The highest BCUT2D eigenvalue weighted by atomic mass is 31.1. The summed E-state index contributed by atoms with van der Waals surface area (Å²) in [7, 11) is 4.39. The van der Waals surface area contributed by atoms with Crippen molar-refractivity contribution < 1.29 is 14.2 Å². The maximum Gasteiger partial charge on any atom is 0.239 e. The van der Waals surface area contributed by atoms with Crippen molar-refractivity contribution in [1.29, 1.82) is 0 Å². The molecule has 0 saturated heterocycles. The number of carbonyl (C=O) groups is 1. The molecule has 0 bridgehead atoms. The van der Waals surface area contributed by atoms with Gasteiger partial charge in [-0.1, -0.05) is 6.08 Å². The van der Waals surface area contributed by atoms with Crippen molar-refractivity contribution in [2.24, 2.45) is 0 Å². The number of likely N-dealkylation sites (N-methyl/N-ethyl adjacent to an activating group) is 1. The zero-order chi connectivity index (χ0) is 10.1. The van der Waals surface area contributed by atoms with E-state index in [0.717, 1.165) is 18.2 Å². The van der Waals surface area contributed by atoms with Crippen LogP contribution in [0.2, 0.25) is 0 Å². The van der Waals surface area contributed by atoms with Gasteiger partial charge in [-0.3, -0.25) is 4.79 Å². The molecule has 1 unspecified atom stereocenters. The third kappa shape index (κ3) is 3.18. The molecule has 1 aliphatic rings. The van der Waals surface area contributed by atoms with Gasteiger partial charge in [0.25, 0.3) is 0 Å². The molecule has 0 radical (unpaired) electrons. The first-order valence-electron chi connectivity index (χ1n) is 4.41. The van der Waals surface area contributed by atoms with Gasteiger partial charge in [0.15, 0.2) is 0 Å². The molecule has 0 aliphatic heterocycles. The van der Waals surface area contributed by atoms with Crippen molar-refractivity contribution >= 4 is 13.7 Å². The second-order valence-electron chi connectivity index (χ2n) is 4.39. The molecular formula is C9H17NO2P+. The van der Waals surface area contributed by atoms with Crippen LogP contribution in [-0.2, 0) is 4.79 Å². The monoisotopic (exact) mass is 202 g/mol. The molecule has 1 N–H and O–H groups in total. The van der Waals surface area contributed by atoms with Crippen molar-refractivity contribution in [2.45, 2.75) is 12.8 Å². The molecule has 1 rings (SSSR count). The molecule has 0 saturated carbocycles. The van der Waals surface area contributed by atoms with E-state index >= 15 is 0 Å². The molecule has 74 valence electrons. The van der Waals surface area contributed by atoms with E-state index in [0.29, 0.717) is 11.0 Å². The molecule has 0 amide bonds. The summed E-state index contributed by atoms with van der Waals surface area (Å²) in [6.07, 6.45) is 3.90. The van der Waals surface area contributed by atoms with E-state index in [9.17, 15) is 9.69 Å². The lowest BCUT2D eigenvalue weighted by Gasteiger charge is -2.25. The molecule has 13 heavy (non-hydrogen) atoms. The van der Waals surface area contributed by atoms with Crippen LogP contribution in [0.4, 0.5) is 0 Å². The summed E-state index contributed by atoms with van der Waals surface area (Å²) in [5.41, 5.74) is -0.00606. The second-order valence-corrected chi connectivity index (χ2v) is 6.08. The van der Waals surface area contributed by atoms with Gasteiger partial charge in [-0.15, -0.1) is 0 Å². The Labute approximate surface area is 80.5 Å². The lowest BCUT2D eigenvalue weighted by molar-refractivity contribution is -0.861. The summed E-state index contributed by atoms with van der Waals surface area (Å²) in [4.78, 5) is 21.2. The number of carbonyl (C=O) groups excluding carboxylic acids is 1. The summed E-state index contributed by atoms with van der Waals surface area (Å²) >= 11 is 0. The fourth-order valence-electron chi connectivity index (χ4n) is 1.10. The highest BCUT2D eigenvalue weighted by Crippen LogP contribution is 2.48. The second kappa shape index (κ2) is 3.87. The van der Waals surface area contributed by atoms with Gasteiger partial charge in [-0.2, -0.15) is 0 Å². The van der Waals surface area contributed by atoms with Gasteiger partial charge >= 0.3 is 0 Å². The van der Waals surface area contributed by atoms with Gasteiger partial charge in [0.05, 0.1) is 21.1 Å². The maximum atomic E-state index is 11.5. The summed E-state index contributed by atoms with van der Waals surface area (Å²) in [6.45, 7) is 0.416. The number of hydrogen-bond acceptors (Lipinski definition) is 2. The van der Waals surface area contributed by atoms with Gasteiger partial charge in [-0.25, -0.2) is 0 Å². The number of nitrogens with zero attached hydrogens (tertiary/aromatic N) is 1. The molecule has 0 aromatic heterocycles. The Hall–Kier alpha value is -0.240. The average molecular weight is 202 g/mol. The van der Waals surface area contributed by atoms with Gasteiger partial charge in [-0.05, 0) is 18.2 Å². The van der Waals surface area contributed by atoms with Crippen molar-refractivity contribution in [1.82, 2.24) is 0 Å². The number of hydrogen-bond donors (Lipinski definition) is 1. The molecule has 0 spiro atoms. The van der Waals surface area contributed by atoms with Crippen LogP contribution in [0.1, 0.15) is 12.8 Å². The lowest BCUT2D eigenvalue weighted by atomic mass is 10.1. The van der Waals surface area contributed by atoms with Crippen LogP contribution < -0.4 is 0 Å². The highest BCUT2D eigenvalue weighted by molar-refractivity contribution is 7.73. The van der Waals surface area contributed by atoms with E-state index in [4.69, 9.17) is 0 Å². The zero-order valence-electron chi connectivity index (χ0n) is 8.45. The van der Waals surface area contributed by atoms with Gasteiger partial charge in [0.1, 0.15) is 14.7 Å². The van der Waals surface area contributed by atoms with Crippen LogP contribution in [0.3, 0.4) is 0 Å². The van der Waals surface area contributed by atoms with Crippen molar-refractivity contribution in [2.75, 3.05) is 27.7 Å². The first-order chi connectivity index (χ1) is 5.90. The lowest BCUT2D eigenvalue weighted by Crippen LogP contribution is -2.39. The predicted octanol–water partition coefficient (Wildman–Crippen LogP) is 1.29. The molecule has 0 heterocycles. The first-order valence-corrected chi connectivity index (χ1v) is 5.71. The standard InChI is InChI=1S/C9H17NO2P/c1-10(2,3)7-9(11)13(12)8-5-4-6-8/h5,12H,4,6-7H2,1-3H3/q+1. The molecule has 1 aliphatic carbocycles. The molecule has 0 fully saturated rings. The summed E-state index contributed by atoms with van der Waals surface area (Å²) in [5.74, 6) is 0. The van der Waals surface area contributed by atoms with Gasteiger partial charge in [0.2, 0.25) is 5.52 Å². The Bertz CT molecular complexity index is 242. The summed E-state index contributed by atoms with van der Waals surface area (Å²) in [5, 5.41) is 0.966. The topological polar surface area (TPSA) is 37.3 Å². The van der Waals surface area contributed by atoms with E-state index < -0.39 is 8.15 Å². The fourth-order valence-corrected chi connectivity index (χ4v) is 2.62. The van der Waals surface area contributed by atoms with Gasteiger partial charge in [0, 0.05) is 0 Å². The summed E-state index contributed by atoms with van der Waals surface area (Å²) < 4.78 is 0.589. The Morgan fingerprint density at radius 1 is 1.62 bits per heavy atom. The van der Waals surface area contributed by atoms with Crippen LogP contribution in [0.25, 0.3) is 0 Å². The fraction of sp³-hybridized carbons (Fsp3) is 0.667. The van der Waals surface area contributed by atoms with Crippen molar-refractivity contribution in [3.05, 3.63) is 11.4 Å². The molecule has 0 aromatic rings. The molecule has 1 atom stereocenters. The van der Waals surface area contributed by atoms with Crippen LogP contribution in [0.5, 0.6) is 0 Å². The third-order valence-corrected chi connectivity index (χ3v) is 3.46. The predicted molar refractivity (Wildman–Crippen MR) is 54.4 cm³/mol. The van der Waals surface area contributed by atoms with Crippen LogP contribution in [0, 0.1) is 0 Å². The maximum absolute atomic E-state index is 11.5. The quantitative estimate of drug-likeness (QED) is 0.551. The first kappa shape index (κ1) is 10.8. The van der Waals surface area contributed by atoms with Gasteiger partial charge < -0.3 is 9.38 Å². The molecule has 3 nitrogen and oxygen atoms in total. The van der Waals surface area contributed by atoms with E-state index in [1.807, 2.05) is 27.2 Å². The smallest absolute Gasteiger partial charge is 0.239 e. The van der Waals surface area contributed by atoms with Crippen LogP contribution in [-0.4, -0.2) is 42.6 Å². The minimum absolute atomic E-state index is 0.00606. The minimum Gasteiger partial charge on any atom is -0.362 e. The summed E-state index contributed by atoms with van der Waals surface area (Å²) in [6, 6.07) is 0. The van der Waals surface area contributed by atoms with E-state index in [-0.39, 0.29) is 5.52 Å². The Kier molecular flexibility index (Phi) is 3.23. The Balaban J connectivity index is 2.48. The number of allylic oxidation sites excluding steroid dienone is 2. The average Bonchev–Trinajstić information content (AvgIpc) is 1.78. The molecule has 4 heteroatoms. The van der Waals surface area contributed by atoms with E-state index in [1.54, 1.807) is 0 Å². The number of quaternary nitrogens is 1. The number of rotatable bonds is 4. The minimum atomic E-state index is -1.47. The Morgan fingerprint density at radius 3 is 2.46 bits per heavy atom. The third-order valence-electron chi connectivity index (χ3n) is 1.90. The normalized spacial score (nSPS) is 18.9. The Morgan fingerprint density at radius 2 is 2.15 bits per heavy atom. The van der Waals surface area contributed by atoms with Crippen molar-refractivity contribution in [3.8, 4) is 0 Å². The largest absolute Gasteiger partial charge is 0.362 e. The molecular weight excluding hydrogens is 185 g/mol. The SMILES string of the molecule is C[N+](C)(C)CC(=O)P(O)C1=CCC1. The van der Waals surface area contributed by atoms with Crippen LogP contribution in [0.15, 0.2) is 11.4 Å². The zero-order valence-corrected chi connectivity index (χ0v) is 9.34. The van der Waals surface area contributed by atoms with E-state index in [1.165, 1.54) is 0 Å². The van der Waals surface area contributed by atoms with Crippen LogP contribution >= 0.6 is 8.15 Å². The highest BCUT2D eigenvalue weighted by Gasteiger charge is 2.27. The van der Waals surface area contributed by atoms with Crippen molar-refractivity contribution in [3.63, 3.8) is 0 Å². The van der Waals surface area contributed by atoms with E-state index in [2.05, 4.69) is 0 Å².